The Morgan fingerprint density at radius 1 is 1.14 bits per heavy atom. The molecule has 0 spiro atoms. The standard InChI is InChI=1S/C19H18N6O3/c1-2-28-19(27)17-21-16-15(18(26)22-17)12-25(23-16)11-14-6-4-13(5-7-14)10-24-9-3-8-20-24/h3-9,12H,2,10-11H2,1H3,(H,21,22,23,26). The van der Waals surface area contributed by atoms with Crippen molar-refractivity contribution in [2.24, 2.45) is 0 Å². The van der Waals surface area contributed by atoms with Gasteiger partial charge in [-0.2, -0.15) is 10.2 Å². The number of carbonyl (C=O) groups excluding carboxylic acids is 1. The lowest BCUT2D eigenvalue weighted by Gasteiger charge is -2.05. The third kappa shape index (κ3) is 3.68. The van der Waals surface area contributed by atoms with Crippen LogP contribution >= 0.6 is 0 Å². The van der Waals surface area contributed by atoms with Crippen molar-refractivity contribution in [1.82, 2.24) is 29.5 Å². The second kappa shape index (κ2) is 7.47. The molecule has 0 bridgehead atoms. The van der Waals surface area contributed by atoms with Crippen molar-refractivity contribution in [2.45, 2.75) is 20.0 Å². The third-order valence-electron chi connectivity index (χ3n) is 4.18. The number of esters is 1. The molecule has 28 heavy (non-hydrogen) atoms. The summed E-state index contributed by atoms with van der Waals surface area (Å²) in [5.41, 5.74) is 1.95. The van der Waals surface area contributed by atoms with Crippen molar-refractivity contribution in [2.75, 3.05) is 6.61 Å². The van der Waals surface area contributed by atoms with Gasteiger partial charge in [-0.1, -0.05) is 24.3 Å². The Bertz CT molecular complexity index is 1160. The minimum atomic E-state index is -0.677. The summed E-state index contributed by atoms with van der Waals surface area (Å²) in [7, 11) is 0. The van der Waals surface area contributed by atoms with Crippen LogP contribution in [0.2, 0.25) is 0 Å². The molecule has 0 saturated heterocycles. The van der Waals surface area contributed by atoms with Crippen molar-refractivity contribution in [3.05, 3.63) is 76.2 Å². The largest absolute Gasteiger partial charge is 0.460 e. The highest BCUT2D eigenvalue weighted by Gasteiger charge is 2.15. The average molecular weight is 378 g/mol. The Hall–Kier alpha value is -3.75. The summed E-state index contributed by atoms with van der Waals surface area (Å²) in [5, 5.41) is 8.84. The van der Waals surface area contributed by atoms with Gasteiger partial charge in [0.25, 0.3) is 5.56 Å². The van der Waals surface area contributed by atoms with Crippen LogP contribution < -0.4 is 5.56 Å². The van der Waals surface area contributed by atoms with E-state index in [1.807, 2.05) is 41.2 Å². The van der Waals surface area contributed by atoms with Crippen LogP contribution in [-0.2, 0) is 17.8 Å². The molecular formula is C19H18N6O3. The highest BCUT2D eigenvalue weighted by Crippen LogP contribution is 2.10. The van der Waals surface area contributed by atoms with E-state index < -0.39 is 11.5 Å². The van der Waals surface area contributed by atoms with E-state index in [2.05, 4.69) is 20.2 Å². The fourth-order valence-electron chi connectivity index (χ4n) is 2.86. The first-order valence-electron chi connectivity index (χ1n) is 8.82. The van der Waals surface area contributed by atoms with E-state index in [4.69, 9.17) is 4.74 Å². The minimum absolute atomic E-state index is 0.146. The van der Waals surface area contributed by atoms with E-state index in [1.165, 1.54) is 0 Å². The van der Waals surface area contributed by atoms with E-state index in [9.17, 15) is 9.59 Å². The third-order valence-corrected chi connectivity index (χ3v) is 4.18. The zero-order valence-electron chi connectivity index (χ0n) is 15.2. The summed E-state index contributed by atoms with van der Waals surface area (Å²) < 4.78 is 8.36. The molecule has 142 valence electrons. The van der Waals surface area contributed by atoms with Crippen LogP contribution in [0.3, 0.4) is 0 Å². The van der Waals surface area contributed by atoms with Crippen molar-refractivity contribution in [1.29, 1.82) is 0 Å². The van der Waals surface area contributed by atoms with Crippen molar-refractivity contribution >= 4 is 17.0 Å². The minimum Gasteiger partial charge on any atom is -0.460 e. The number of hydrogen-bond acceptors (Lipinski definition) is 6. The van der Waals surface area contributed by atoms with E-state index in [0.29, 0.717) is 18.5 Å². The fraction of sp³-hybridized carbons (Fsp3) is 0.211. The Labute approximate surface area is 159 Å². The summed E-state index contributed by atoms with van der Waals surface area (Å²) >= 11 is 0. The maximum Gasteiger partial charge on any atom is 0.374 e. The molecule has 1 N–H and O–H groups in total. The first kappa shape index (κ1) is 17.7. The van der Waals surface area contributed by atoms with Crippen molar-refractivity contribution in [3.8, 4) is 0 Å². The Balaban J connectivity index is 1.53. The summed E-state index contributed by atoms with van der Waals surface area (Å²) in [6, 6.07) is 9.97. The number of H-pyrrole nitrogens is 1. The number of aromatic amines is 1. The van der Waals surface area contributed by atoms with Gasteiger partial charge in [-0.25, -0.2) is 9.78 Å². The monoisotopic (exact) mass is 378 g/mol. The number of nitrogens with zero attached hydrogens (tertiary/aromatic N) is 5. The summed E-state index contributed by atoms with van der Waals surface area (Å²) in [5.74, 6) is -0.823. The maximum absolute atomic E-state index is 12.2. The van der Waals surface area contributed by atoms with Crippen LogP contribution in [0.15, 0.2) is 53.7 Å². The SMILES string of the molecule is CCOC(=O)c1nc2nn(Cc3ccc(Cn4cccn4)cc3)cc2c(=O)[nH]1. The van der Waals surface area contributed by atoms with Gasteiger partial charge in [0.2, 0.25) is 5.82 Å². The summed E-state index contributed by atoms with van der Waals surface area (Å²) in [6.45, 7) is 3.07. The molecule has 9 nitrogen and oxygen atoms in total. The van der Waals surface area contributed by atoms with Gasteiger partial charge >= 0.3 is 5.97 Å². The lowest BCUT2D eigenvalue weighted by Crippen LogP contribution is -2.17. The van der Waals surface area contributed by atoms with E-state index in [0.717, 1.165) is 11.1 Å². The highest BCUT2D eigenvalue weighted by molar-refractivity contribution is 5.87. The Kier molecular flexibility index (Phi) is 4.71. The molecule has 0 saturated carbocycles. The van der Waals surface area contributed by atoms with E-state index in [1.54, 1.807) is 24.0 Å². The maximum atomic E-state index is 12.2. The second-order valence-electron chi connectivity index (χ2n) is 6.22. The molecular weight excluding hydrogens is 360 g/mol. The molecule has 0 atom stereocenters. The molecule has 3 aromatic heterocycles. The van der Waals surface area contributed by atoms with Gasteiger partial charge < -0.3 is 9.72 Å². The molecule has 0 aliphatic heterocycles. The van der Waals surface area contributed by atoms with E-state index in [-0.39, 0.29) is 18.1 Å². The number of hydrogen-bond donors (Lipinski definition) is 1. The van der Waals surface area contributed by atoms with Crippen LogP contribution in [0.5, 0.6) is 0 Å². The predicted molar refractivity (Wildman–Crippen MR) is 101 cm³/mol. The highest BCUT2D eigenvalue weighted by atomic mass is 16.5. The molecule has 0 radical (unpaired) electrons. The van der Waals surface area contributed by atoms with Crippen molar-refractivity contribution in [3.63, 3.8) is 0 Å². The molecule has 4 rings (SSSR count). The number of nitrogens with one attached hydrogen (secondary N) is 1. The quantitative estimate of drug-likeness (QED) is 0.511. The zero-order valence-corrected chi connectivity index (χ0v) is 15.2. The number of rotatable bonds is 6. The van der Waals surface area contributed by atoms with Crippen LogP contribution in [0, 0.1) is 0 Å². The van der Waals surface area contributed by atoms with Crippen molar-refractivity contribution < 1.29 is 9.53 Å². The lowest BCUT2D eigenvalue weighted by molar-refractivity contribution is 0.0512. The number of carbonyl (C=O) groups is 1. The van der Waals surface area contributed by atoms with Gasteiger partial charge in [0.05, 0.1) is 19.7 Å². The molecule has 0 aliphatic carbocycles. The molecule has 0 amide bonds. The van der Waals surface area contributed by atoms with E-state index >= 15 is 0 Å². The molecule has 3 heterocycles. The number of fused-ring (bicyclic) bond motifs is 1. The first-order valence-corrected chi connectivity index (χ1v) is 8.82. The smallest absolute Gasteiger partial charge is 0.374 e. The normalized spacial score (nSPS) is 11.0. The first-order chi connectivity index (χ1) is 13.6. The zero-order chi connectivity index (χ0) is 19.5. The molecule has 0 aliphatic rings. The van der Waals surface area contributed by atoms with Crippen LogP contribution in [-0.4, -0.2) is 42.1 Å². The van der Waals surface area contributed by atoms with Gasteiger partial charge in [0, 0.05) is 18.6 Å². The topological polar surface area (TPSA) is 108 Å². The average Bonchev–Trinajstić information content (AvgIpc) is 3.33. The summed E-state index contributed by atoms with van der Waals surface area (Å²) in [6.07, 6.45) is 5.28. The van der Waals surface area contributed by atoms with Gasteiger partial charge in [-0.15, -0.1) is 0 Å². The second-order valence-corrected chi connectivity index (χ2v) is 6.22. The number of aromatic nitrogens is 6. The van der Waals surface area contributed by atoms with Gasteiger partial charge in [0.15, 0.2) is 5.65 Å². The van der Waals surface area contributed by atoms with Crippen LogP contribution in [0.25, 0.3) is 11.0 Å². The molecule has 9 heteroatoms. The predicted octanol–water partition coefficient (Wildman–Crippen LogP) is 1.59. The molecule has 0 unspecified atom stereocenters. The lowest BCUT2D eigenvalue weighted by atomic mass is 10.1. The molecule has 4 aromatic rings. The molecule has 0 fully saturated rings. The number of benzene rings is 1. The Morgan fingerprint density at radius 3 is 2.50 bits per heavy atom. The fourth-order valence-corrected chi connectivity index (χ4v) is 2.86. The van der Waals surface area contributed by atoms with Gasteiger partial charge in [-0.3, -0.25) is 14.2 Å². The van der Waals surface area contributed by atoms with Gasteiger partial charge in [-0.05, 0) is 24.1 Å². The Morgan fingerprint density at radius 2 is 1.86 bits per heavy atom. The van der Waals surface area contributed by atoms with Crippen LogP contribution in [0.1, 0.15) is 28.7 Å². The molecule has 1 aromatic carbocycles. The number of ether oxygens (including phenoxy) is 1. The van der Waals surface area contributed by atoms with Gasteiger partial charge in [0.1, 0.15) is 5.39 Å². The van der Waals surface area contributed by atoms with Crippen LogP contribution in [0.4, 0.5) is 0 Å². The summed E-state index contributed by atoms with van der Waals surface area (Å²) in [4.78, 5) is 30.5.